The summed E-state index contributed by atoms with van der Waals surface area (Å²) in [7, 11) is 0. The van der Waals surface area contributed by atoms with Crippen LogP contribution in [0.25, 0.3) is 253 Å². The van der Waals surface area contributed by atoms with E-state index >= 15 is 0 Å². The number of aromatic nitrogens is 6. The molecule has 141 heavy (non-hydrogen) atoms. The van der Waals surface area contributed by atoms with Crippen molar-refractivity contribution in [2.24, 2.45) is 0 Å². The van der Waals surface area contributed by atoms with Crippen LogP contribution < -0.4 is 0 Å². The molecule has 6 nitrogen and oxygen atoms in total. The molecule has 662 valence electrons. The van der Waals surface area contributed by atoms with Crippen LogP contribution in [0.15, 0.2) is 502 Å². The van der Waals surface area contributed by atoms with Gasteiger partial charge in [-0.15, -0.1) is 0 Å². The van der Waals surface area contributed by atoms with Gasteiger partial charge in [0.1, 0.15) is 0 Å². The molecule has 0 atom stereocenters. The van der Waals surface area contributed by atoms with E-state index in [0.717, 1.165) is 9.13 Å². The molecule has 0 spiro atoms. The fourth-order valence-corrected chi connectivity index (χ4v) is 16.9. The molecular weight excluding hydrogens is 1710 g/mol. The predicted molar refractivity (Wildman–Crippen MR) is 598 cm³/mol. The number of benzene rings is 22. The molecule has 0 aliphatic rings. The van der Waals surface area contributed by atoms with Gasteiger partial charge in [0.05, 0.1) is 185 Å². The van der Waals surface area contributed by atoms with E-state index in [1.54, 1.807) is 0 Å². The average Bonchev–Trinajstić information content (AvgIpc) is 1.48. The van der Waals surface area contributed by atoms with E-state index in [-0.39, 0.29) is 60.8 Å². The van der Waals surface area contributed by atoms with E-state index in [1.165, 1.54) is 25.2 Å². The van der Waals surface area contributed by atoms with Crippen LogP contribution >= 0.6 is 0 Å². The lowest BCUT2D eigenvalue weighted by molar-refractivity contribution is 1.18. The first-order valence-corrected chi connectivity index (χ1v) is 42.0. The zero-order chi connectivity index (χ0) is 166. The molecule has 0 unspecified atom stereocenters. The van der Waals surface area contributed by atoms with Crippen LogP contribution in [0.3, 0.4) is 0 Å². The molecule has 0 radical (unpaired) electrons. The van der Waals surface area contributed by atoms with E-state index in [1.807, 2.05) is 0 Å². The third kappa shape index (κ3) is 13.8. The first-order valence-electron chi connectivity index (χ1n) is 83.5. The van der Waals surface area contributed by atoms with E-state index in [9.17, 15) is 38.4 Å². The SMILES string of the molecule is [2H]c1c([2H])c([2H])c(-c2c([2H])c([2H])c(-n3c4c([2H])c([2H])c([2H])c([2H])c4c4c([2H])c(-c5c([2H])c([2H])c6c(c5[2H])c5c([2H])c([2H])c(C)c([2H])c5n6-c5c([2H])c([2H])c([2H])c([2H])c5[2H])c([2H])c([2H])c43)c([2H])c2[2H])c([2H])c1[2H].[2H]c1c([2H])c([2H])c(-c2c([2H])c([2H])c(-n3c4c([2H])c([2H])c([2H])c([2H])c4c4c([2H])c(-c5c([2H])c([2H])c6c(c5[2H])c5c([2H])c([2H])c(C)c7c8c([2H])c([2H])c([2H])c([2H])c8n6c57)c([2H])c([2H])c43)c([2H])c2[2H])c([2H])c1[2H].[2H]c1c([2H])c([2H])c(-c2c([2H])c([2H])c3c(c2[2H])c2c([2H])c(-c4c([2H])c([2H])c5c(c4[2H])c4c([2H])c(-c6c([2H])c([2H])c([2H])c(C)c6[2H])c([2H])c([2H])c4n5-c4c([2H])c([2H])c([2H])c([2H])c4[2H])c([2H])c([2H])c2n3-c2c([2H])c([2H])c([2H])c([2H])c2[2H])c([2H])c1[2H]. The summed E-state index contributed by atoms with van der Waals surface area (Å²) in [4.78, 5) is 0. The zero-order valence-electron chi connectivity index (χ0n) is 155. The summed E-state index contributed by atoms with van der Waals surface area (Å²) in [5.41, 5.74) is -21.3. The molecule has 0 bridgehead atoms. The van der Waals surface area contributed by atoms with Crippen molar-refractivity contribution in [3.8, 4) is 106 Å². The van der Waals surface area contributed by atoms with Crippen LogP contribution in [-0.4, -0.2) is 27.2 Å². The van der Waals surface area contributed by atoms with Crippen molar-refractivity contribution in [1.82, 2.24) is 27.2 Å². The van der Waals surface area contributed by atoms with Gasteiger partial charge in [-0.05, 0) is 291 Å². The number of rotatable bonds is 12. The second-order valence-electron chi connectivity index (χ2n) is 31.0. The highest BCUT2D eigenvalue weighted by Gasteiger charge is 2.25. The summed E-state index contributed by atoms with van der Waals surface area (Å²) in [6.45, 7) is 4.04. The second kappa shape index (κ2) is 33.6. The minimum Gasteiger partial charge on any atom is -0.309 e. The molecule has 0 amide bonds. The highest BCUT2D eigenvalue weighted by Crippen LogP contribution is 2.47. The fraction of sp³-hybridized carbons (Fsp3) is 0.0222. The largest absolute Gasteiger partial charge is 0.309 e. The molecule has 29 aromatic rings. The van der Waals surface area contributed by atoms with Crippen LogP contribution in [0.4, 0.5) is 0 Å². The van der Waals surface area contributed by atoms with Crippen molar-refractivity contribution in [3.63, 3.8) is 0 Å². The molecule has 6 heteroatoms. The number of aryl methyl sites for hydroxylation is 1. The van der Waals surface area contributed by atoms with Crippen LogP contribution in [0.5, 0.6) is 0 Å². The molecule has 0 saturated heterocycles. The van der Waals surface area contributed by atoms with Gasteiger partial charge in [-0.1, -0.05) is 326 Å². The molecule has 7 aromatic heterocycles. The van der Waals surface area contributed by atoms with E-state index in [4.69, 9.17) is 75.4 Å². The zero-order valence-corrected chi connectivity index (χ0v) is 71.7. The number of hydrogen-bond donors (Lipinski definition) is 0. The normalized spacial score (nSPS) is 20.0. The smallest absolute Gasteiger partial charge is 0.0648 e. The summed E-state index contributed by atoms with van der Waals surface area (Å²) >= 11 is 0. The van der Waals surface area contributed by atoms with Crippen molar-refractivity contribution >= 4 is 147 Å². The Morgan fingerprint density at radius 2 is 0.376 bits per heavy atom. The number of fused-ring (bicyclic) bond motifs is 21. The van der Waals surface area contributed by atoms with Gasteiger partial charge in [-0.2, -0.15) is 0 Å². The fourth-order valence-electron chi connectivity index (χ4n) is 16.9. The molecule has 0 N–H and O–H groups in total. The van der Waals surface area contributed by atoms with Gasteiger partial charge in [0, 0.05) is 104 Å². The molecule has 0 saturated carbocycles. The Morgan fingerprint density at radius 1 is 0.142 bits per heavy atom. The van der Waals surface area contributed by atoms with Crippen LogP contribution in [0.2, 0.25) is 0 Å². The number of hydrogen-bond acceptors (Lipinski definition) is 0. The minimum atomic E-state index is -1.12. The van der Waals surface area contributed by atoms with Crippen molar-refractivity contribution in [3.05, 3.63) is 518 Å². The second-order valence-corrected chi connectivity index (χ2v) is 31.0. The van der Waals surface area contributed by atoms with Gasteiger partial charge >= 0.3 is 0 Å². The Labute approximate surface area is 932 Å². The monoisotopic (exact) mass is 1880 g/mol. The van der Waals surface area contributed by atoms with Crippen molar-refractivity contribution in [2.75, 3.05) is 0 Å². The van der Waals surface area contributed by atoms with Crippen LogP contribution in [0.1, 0.15) is 130 Å². The Morgan fingerprint density at radius 3 is 0.759 bits per heavy atom. The van der Waals surface area contributed by atoms with Crippen molar-refractivity contribution in [1.29, 1.82) is 0 Å². The number of para-hydroxylation sites is 6. The first-order chi connectivity index (χ1) is 104. The van der Waals surface area contributed by atoms with E-state index < -0.39 is 711 Å². The molecule has 0 aliphatic carbocycles. The third-order valence-corrected chi connectivity index (χ3v) is 22.9. The topological polar surface area (TPSA) is 29.1 Å². The first kappa shape index (κ1) is 33.8. The van der Waals surface area contributed by atoms with Crippen LogP contribution in [0, 0.1) is 20.8 Å². The standard InChI is InChI=1S/C49H34N2.C43H28N2.C43H30N2/c1-33-12-11-15-35(28-33)37-21-25-47-43(30-37)45-32-39(23-27-49(45)51(47)41-18-9-4-10-19-41)38-22-26-48-44(31-38)42-29-36(34-13-5-2-6-14-34)20-24-46(42)50(48)40-16-7-3-8-17-40;1-27-15-22-34-37-26-31(19-24-41(37)45-39-14-8-6-12-35(39)42(27)43(34)45)30-18-23-40-36(25-30)33-11-5-7-13-38(33)44(40)32-20-16-29(17-21-32)28-9-3-2-4-10-28;1-29-16-23-37-39-28-33(20-25-42(39)45(43(37)26-29)34-12-6-3-7-13-34)32-19-24-41-38(27-32)36-14-8-9-15-40(36)44(41)35-21-17-31(18-22-35)30-10-4-2-5-11-30/h2-32H,1H3;2-26H,1H3;2-28H,1H3/i2D,3D,4D,5D,6D,7D,8D,9D,10D,11D,12D,13D,14D,15D,16D,17D,18D,19D,20D,21D,22D,23D,24D,25D,26D,27D,28D,29D,30D,31D,32D;2D,3D,4D,5D,6D,7D,8D,9D,10D,11D,12D,13D,14D,15D,16D,17D,18D,19D,20D,21D,22D,23D,24D,25D,26D;2D,3D,4D,5D,6D,7D,8D,9D,10D,11D,12D,13D,14D,15D,16D,17D,18D,19D,20D,21D,22D,23D,24D,25D,26D,27D,28D. The Balaban J connectivity index is 0.000000150. The van der Waals surface area contributed by atoms with Crippen molar-refractivity contribution in [2.45, 2.75) is 20.8 Å². The predicted octanol–water partition coefficient (Wildman–Crippen LogP) is 36.3. The molecule has 29 rings (SSSR count). The van der Waals surface area contributed by atoms with E-state index in [0.29, 0.717) is 13.7 Å². The Kier molecular flexibility index (Phi) is 8.05. The lowest BCUT2D eigenvalue weighted by Crippen LogP contribution is -1.94. The average molecular weight is 1880 g/mol. The lowest BCUT2D eigenvalue weighted by Gasteiger charge is -2.10. The quantitative estimate of drug-likeness (QED) is 0.117. The summed E-state index contributed by atoms with van der Waals surface area (Å²) < 4.78 is 749. The van der Waals surface area contributed by atoms with Crippen LogP contribution in [-0.2, 0) is 0 Å². The van der Waals surface area contributed by atoms with Gasteiger partial charge in [-0.25, -0.2) is 0 Å². The molecule has 7 heterocycles. The maximum absolute atomic E-state index is 10.1. The summed E-state index contributed by atoms with van der Waals surface area (Å²) in [6, 6.07) is -72.3. The summed E-state index contributed by atoms with van der Waals surface area (Å²) in [6.07, 6.45) is 0. The molecule has 22 aromatic carbocycles. The van der Waals surface area contributed by atoms with Gasteiger partial charge in [0.25, 0.3) is 0 Å². The van der Waals surface area contributed by atoms with Gasteiger partial charge < -0.3 is 27.2 Å². The number of nitrogens with zero attached hydrogens (tertiary/aromatic N) is 6. The Hall–Kier alpha value is -18.4. The van der Waals surface area contributed by atoms with Crippen molar-refractivity contribution < 1.29 is 114 Å². The lowest BCUT2D eigenvalue weighted by atomic mass is 9.98. The third-order valence-electron chi connectivity index (χ3n) is 22.9. The summed E-state index contributed by atoms with van der Waals surface area (Å²) in [5.74, 6) is 0. The molecular formula is C135H92N6. The Bertz CT molecular complexity index is 15000. The summed E-state index contributed by atoms with van der Waals surface area (Å²) in [5, 5.41) is -6.37. The highest BCUT2D eigenvalue weighted by molar-refractivity contribution is 6.25. The molecule has 0 fully saturated rings. The maximum Gasteiger partial charge on any atom is 0.0648 e. The minimum absolute atomic E-state index is 0.0296. The van der Waals surface area contributed by atoms with Gasteiger partial charge in [0.15, 0.2) is 0 Å². The van der Waals surface area contributed by atoms with Gasteiger partial charge in [0.2, 0.25) is 0 Å². The van der Waals surface area contributed by atoms with Gasteiger partial charge in [-0.3, -0.25) is 0 Å². The molecule has 0 aliphatic heterocycles. The maximum atomic E-state index is 10.1. The van der Waals surface area contributed by atoms with E-state index in [2.05, 4.69) is 0 Å². The highest BCUT2D eigenvalue weighted by atomic mass is 15.0.